The highest BCUT2D eigenvalue weighted by Crippen LogP contribution is 2.19. The Kier molecular flexibility index (Phi) is 4.83. The third-order valence-electron chi connectivity index (χ3n) is 3.80. The number of carbonyl (C=O) groups is 2. The molecular formula is C16H23N3O2. The van der Waals surface area contributed by atoms with Gasteiger partial charge in [0, 0.05) is 30.9 Å². The third kappa shape index (κ3) is 3.35. The van der Waals surface area contributed by atoms with Gasteiger partial charge in [0.25, 0.3) is 5.91 Å². The first-order valence-corrected chi connectivity index (χ1v) is 7.47. The van der Waals surface area contributed by atoms with Crippen molar-refractivity contribution in [1.29, 1.82) is 0 Å². The summed E-state index contributed by atoms with van der Waals surface area (Å²) >= 11 is 0. The predicted octanol–water partition coefficient (Wildman–Crippen LogP) is 1.78. The quantitative estimate of drug-likeness (QED) is 0.888. The van der Waals surface area contributed by atoms with E-state index in [-0.39, 0.29) is 11.8 Å². The van der Waals surface area contributed by atoms with E-state index in [0.717, 1.165) is 24.2 Å². The fraction of sp³-hybridized carbons (Fsp3) is 0.500. The molecule has 1 saturated heterocycles. The lowest BCUT2D eigenvalue weighted by atomic mass is 10.0. The van der Waals surface area contributed by atoms with Crippen molar-refractivity contribution >= 4 is 17.5 Å². The maximum atomic E-state index is 12.6. The van der Waals surface area contributed by atoms with Crippen molar-refractivity contribution in [1.82, 2.24) is 10.2 Å². The molecule has 1 aliphatic rings. The van der Waals surface area contributed by atoms with Gasteiger partial charge in [-0.2, -0.15) is 0 Å². The van der Waals surface area contributed by atoms with Crippen LogP contribution >= 0.6 is 0 Å². The first kappa shape index (κ1) is 15.4. The summed E-state index contributed by atoms with van der Waals surface area (Å²) in [6.45, 7) is 7.79. The van der Waals surface area contributed by atoms with Crippen molar-refractivity contribution in [3.8, 4) is 0 Å². The van der Waals surface area contributed by atoms with Gasteiger partial charge in [0.15, 0.2) is 0 Å². The van der Waals surface area contributed by atoms with Gasteiger partial charge in [-0.25, -0.2) is 0 Å². The molecule has 1 unspecified atom stereocenters. The molecule has 2 rings (SSSR count). The zero-order valence-corrected chi connectivity index (χ0v) is 12.9. The molecular weight excluding hydrogens is 266 g/mol. The van der Waals surface area contributed by atoms with E-state index >= 15 is 0 Å². The number of piperazine rings is 1. The Labute approximate surface area is 125 Å². The lowest BCUT2D eigenvalue weighted by Gasteiger charge is -2.33. The van der Waals surface area contributed by atoms with Crippen LogP contribution in [0.3, 0.4) is 0 Å². The van der Waals surface area contributed by atoms with E-state index in [9.17, 15) is 9.59 Å². The van der Waals surface area contributed by atoms with E-state index in [2.05, 4.69) is 17.6 Å². The smallest absolute Gasteiger partial charge is 0.254 e. The predicted molar refractivity (Wildman–Crippen MR) is 83.5 cm³/mol. The summed E-state index contributed by atoms with van der Waals surface area (Å²) < 4.78 is 0. The number of carbonyl (C=O) groups excluding carboxylic acids is 2. The maximum absolute atomic E-state index is 12.6. The van der Waals surface area contributed by atoms with Gasteiger partial charge in [0.2, 0.25) is 5.91 Å². The molecule has 5 heteroatoms. The monoisotopic (exact) mass is 289 g/mol. The number of aryl methyl sites for hydroxylation is 1. The van der Waals surface area contributed by atoms with Gasteiger partial charge in [-0.3, -0.25) is 9.59 Å². The summed E-state index contributed by atoms with van der Waals surface area (Å²) in [5, 5.41) is 6.08. The van der Waals surface area contributed by atoms with E-state index in [4.69, 9.17) is 0 Å². The second-order valence-electron chi connectivity index (χ2n) is 5.42. The minimum atomic E-state index is -0.413. The third-order valence-corrected chi connectivity index (χ3v) is 3.80. The molecule has 0 radical (unpaired) electrons. The zero-order chi connectivity index (χ0) is 15.4. The molecule has 1 fully saturated rings. The number of amides is 2. The van der Waals surface area contributed by atoms with Crippen molar-refractivity contribution in [2.24, 2.45) is 0 Å². The molecule has 2 amide bonds. The molecule has 1 aromatic carbocycles. The maximum Gasteiger partial charge on any atom is 0.254 e. The lowest BCUT2D eigenvalue weighted by molar-refractivity contribution is -0.127. The van der Waals surface area contributed by atoms with Crippen molar-refractivity contribution < 1.29 is 9.59 Å². The minimum absolute atomic E-state index is 0.0723. The van der Waals surface area contributed by atoms with Gasteiger partial charge in [0.05, 0.1) is 0 Å². The van der Waals surface area contributed by atoms with Gasteiger partial charge in [-0.15, -0.1) is 0 Å². The van der Waals surface area contributed by atoms with Crippen LogP contribution in [-0.2, 0) is 4.79 Å². The molecule has 0 aliphatic carbocycles. The first-order valence-electron chi connectivity index (χ1n) is 7.47. The molecule has 0 saturated carbocycles. The summed E-state index contributed by atoms with van der Waals surface area (Å²) in [7, 11) is 0. The lowest BCUT2D eigenvalue weighted by Crippen LogP contribution is -2.55. The van der Waals surface area contributed by atoms with Crippen molar-refractivity contribution in [2.45, 2.75) is 33.2 Å². The number of nitrogens with one attached hydrogen (secondary N) is 2. The highest BCUT2D eigenvalue weighted by atomic mass is 16.2. The number of anilines is 1. The fourth-order valence-corrected chi connectivity index (χ4v) is 2.50. The molecule has 1 aliphatic heterocycles. The second-order valence-corrected chi connectivity index (χ2v) is 5.42. The number of benzene rings is 1. The summed E-state index contributed by atoms with van der Waals surface area (Å²) in [6, 6.07) is 5.33. The molecule has 5 nitrogen and oxygen atoms in total. The van der Waals surface area contributed by atoms with E-state index in [1.165, 1.54) is 0 Å². The standard InChI is InChI=1S/C16H23N3O2/c1-4-7-17-13-5-6-14(11(2)10-13)16(21)19-9-8-18-15(20)12(19)3/h5-6,10,12,17H,4,7-9H2,1-3H3,(H,18,20). The Morgan fingerprint density at radius 2 is 2.24 bits per heavy atom. The van der Waals surface area contributed by atoms with Crippen LogP contribution in [0.4, 0.5) is 5.69 Å². The SMILES string of the molecule is CCCNc1ccc(C(=O)N2CCNC(=O)C2C)c(C)c1. The van der Waals surface area contributed by atoms with Crippen LogP contribution < -0.4 is 10.6 Å². The van der Waals surface area contributed by atoms with E-state index in [0.29, 0.717) is 18.7 Å². The molecule has 1 aromatic rings. The Balaban J connectivity index is 2.17. The van der Waals surface area contributed by atoms with Crippen LogP contribution in [0.5, 0.6) is 0 Å². The highest BCUT2D eigenvalue weighted by Gasteiger charge is 2.30. The van der Waals surface area contributed by atoms with Gasteiger partial charge in [-0.05, 0) is 44.0 Å². The molecule has 1 heterocycles. The molecule has 0 bridgehead atoms. The number of rotatable bonds is 4. The van der Waals surface area contributed by atoms with Gasteiger partial charge >= 0.3 is 0 Å². The topological polar surface area (TPSA) is 61.4 Å². The fourth-order valence-electron chi connectivity index (χ4n) is 2.50. The largest absolute Gasteiger partial charge is 0.385 e. The van der Waals surface area contributed by atoms with Crippen LogP contribution in [0.2, 0.25) is 0 Å². The van der Waals surface area contributed by atoms with Crippen LogP contribution in [0, 0.1) is 6.92 Å². The number of nitrogens with zero attached hydrogens (tertiary/aromatic N) is 1. The zero-order valence-electron chi connectivity index (χ0n) is 12.9. The average molecular weight is 289 g/mol. The van der Waals surface area contributed by atoms with Crippen LogP contribution in [-0.4, -0.2) is 42.4 Å². The molecule has 21 heavy (non-hydrogen) atoms. The van der Waals surface area contributed by atoms with Crippen LogP contribution in [0.25, 0.3) is 0 Å². The first-order chi connectivity index (χ1) is 10.0. The van der Waals surface area contributed by atoms with E-state index in [1.54, 1.807) is 11.8 Å². The van der Waals surface area contributed by atoms with Gasteiger partial charge in [-0.1, -0.05) is 6.92 Å². The Morgan fingerprint density at radius 3 is 2.90 bits per heavy atom. The highest BCUT2D eigenvalue weighted by molar-refractivity contribution is 5.99. The molecule has 114 valence electrons. The van der Waals surface area contributed by atoms with Crippen molar-refractivity contribution in [3.05, 3.63) is 29.3 Å². The van der Waals surface area contributed by atoms with E-state index < -0.39 is 6.04 Å². The molecule has 0 aromatic heterocycles. The normalized spacial score (nSPS) is 18.3. The van der Waals surface area contributed by atoms with Crippen LogP contribution in [0.1, 0.15) is 36.2 Å². The number of hydrogen-bond acceptors (Lipinski definition) is 3. The van der Waals surface area contributed by atoms with Gasteiger partial charge < -0.3 is 15.5 Å². The van der Waals surface area contributed by atoms with E-state index in [1.807, 2.05) is 25.1 Å². The molecule has 1 atom stereocenters. The Hall–Kier alpha value is -2.04. The summed E-state index contributed by atoms with van der Waals surface area (Å²) in [5.74, 6) is -0.162. The minimum Gasteiger partial charge on any atom is -0.385 e. The second kappa shape index (κ2) is 6.61. The molecule has 0 spiro atoms. The van der Waals surface area contributed by atoms with Crippen molar-refractivity contribution in [2.75, 3.05) is 25.0 Å². The van der Waals surface area contributed by atoms with Gasteiger partial charge in [0.1, 0.15) is 6.04 Å². The number of hydrogen-bond donors (Lipinski definition) is 2. The molecule has 2 N–H and O–H groups in total. The van der Waals surface area contributed by atoms with Crippen molar-refractivity contribution in [3.63, 3.8) is 0 Å². The Bertz CT molecular complexity index is 542. The Morgan fingerprint density at radius 1 is 1.48 bits per heavy atom. The summed E-state index contributed by atoms with van der Waals surface area (Å²) in [5.41, 5.74) is 2.62. The summed E-state index contributed by atoms with van der Waals surface area (Å²) in [6.07, 6.45) is 1.06. The van der Waals surface area contributed by atoms with Crippen LogP contribution in [0.15, 0.2) is 18.2 Å². The summed E-state index contributed by atoms with van der Waals surface area (Å²) in [4.78, 5) is 25.9. The average Bonchev–Trinajstić information content (AvgIpc) is 2.47.